The molecule has 2 unspecified atom stereocenters. The van der Waals surface area contributed by atoms with Crippen LogP contribution in [0.5, 0.6) is 0 Å². The van der Waals surface area contributed by atoms with Crippen LogP contribution in [-0.4, -0.2) is 86.5 Å². The highest BCUT2D eigenvalue weighted by Gasteiger charge is 2.55. The number of aliphatic hydroxyl groups excluding tert-OH is 2. The molecule has 1 aliphatic heterocycles. The molecule has 12 heteroatoms. The minimum atomic E-state index is -2.27. The van der Waals surface area contributed by atoms with E-state index >= 15 is 0 Å². The number of fused-ring (bicyclic) bond motifs is 2. The maximum absolute atomic E-state index is 12.7. The van der Waals surface area contributed by atoms with Gasteiger partial charge in [0.05, 0.1) is 21.8 Å². The molecule has 1 amide bonds. The highest BCUT2D eigenvalue weighted by molar-refractivity contribution is 6.35. The predicted molar refractivity (Wildman–Crippen MR) is 130 cm³/mol. The number of likely N-dealkylation sites (tertiary alicyclic amines) is 1. The number of nitrogen functional groups attached to an aromatic ring is 1. The number of aliphatic carboxylic acids is 2. The summed E-state index contributed by atoms with van der Waals surface area (Å²) in [5.74, 6) is -0.544. The van der Waals surface area contributed by atoms with Gasteiger partial charge in [0.1, 0.15) is 0 Å². The highest BCUT2D eigenvalue weighted by atomic mass is 35.5. The number of benzene rings is 1. The zero-order chi connectivity index (χ0) is 26.1. The number of hydrogen-bond acceptors (Lipinski definition) is 8. The number of carboxylic acids is 2. The molecule has 36 heavy (non-hydrogen) atoms. The smallest absolute Gasteiger partial charge is 0.335 e. The molecule has 4 atom stereocenters. The molecule has 11 nitrogen and oxygen atoms in total. The van der Waals surface area contributed by atoms with Gasteiger partial charge in [-0.3, -0.25) is 9.78 Å². The van der Waals surface area contributed by atoms with Crippen LogP contribution in [0.3, 0.4) is 0 Å². The van der Waals surface area contributed by atoms with Gasteiger partial charge >= 0.3 is 11.9 Å². The van der Waals surface area contributed by atoms with Crippen LogP contribution in [0.2, 0.25) is 5.02 Å². The molecule has 2 aromatic rings. The number of rotatable bonds is 8. The minimum absolute atomic E-state index is 0.115. The maximum atomic E-state index is 12.7. The summed E-state index contributed by atoms with van der Waals surface area (Å²) < 4.78 is 0. The number of anilines is 1. The van der Waals surface area contributed by atoms with Crippen molar-refractivity contribution in [2.75, 3.05) is 31.9 Å². The van der Waals surface area contributed by atoms with E-state index in [1.807, 2.05) is 6.07 Å². The Labute approximate surface area is 211 Å². The van der Waals surface area contributed by atoms with E-state index in [1.54, 1.807) is 18.3 Å². The van der Waals surface area contributed by atoms with E-state index in [0.29, 0.717) is 27.7 Å². The summed E-state index contributed by atoms with van der Waals surface area (Å²) in [4.78, 5) is 39.2. The van der Waals surface area contributed by atoms with Crippen molar-refractivity contribution in [3.05, 3.63) is 35.0 Å². The third kappa shape index (κ3) is 5.70. The van der Waals surface area contributed by atoms with Gasteiger partial charge in [-0.1, -0.05) is 11.6 Å². The lowest BCUT2D eigenvalue weighted by atomic mass is 10.1. The summed E-state index contributed by atoms with van der Waals surface area (Å²) in [6.07, 6.45) is -0.0313. The third-order valence-corrected chi connectivity index (χ3v) is 7.40. The fraction of sp³-hybridized carbons (Fsp3) is 0.500. The fourth-order valence-electron chi connectivity index (χ4n) is 4.84. The molecule has 0 radical (unpaired) electrons. The molecule has 194 valence electrons. The Morgan fingerprint density at radius 1 is 1.14 bits per heavy atom. The van der Waals surface area contributed by atoms with Crippen molar-refractivity contribution in [2.45, 2.75) is 25.0 Å². The quantitative estimate of drug-likeness (QED) is 0.270. The van der Waals surface area contributed by atoms with E-state index in [9.17, 15) is 14.4 Å². The lowest BCUT2D eigenvalue weighted by Gasteiger charge is -2.19. The van der Waals surface area contributed by atoms with Crippen LogP contribution in [0.15, 0.2) is 24.4 Å². The molecule has 5 rings (SSSR count). The van der Waals surface area contributed by atoms with Crippen molar-refractivity contribution < 1.29 is 34.8 Å². The van der Waals surface area contributed by atoms with Gasteiger partial charge < -0.3 is 36.4 Å². The molecule has 2 heterocycles. The normalized spacial score (nSPS) is 24.2. The average molecular weight is 521 g/mol. The molecule has 2 saturated carbocycles. The number of aliphatic hydroxyl groups is 2. The maximum Gasteiger partial charge on any atom is 0.335 e. The van der Waals surface area contributed by atoms with E-state index in [1.165, 1.54) is 32.5 Å². The van der Waals surface area contributed by atoms with E-state index < -0.39 is 24.1 Å². The second-order valence-electron chi connectivity index (χ2n) is 9.65. The van der Waals surface area contributed by atoms with Crippen LogP contribution in [0.25, 0.3) is 10.9 Å². The molecule has 3 fully saturated rings. The molecular formula is C24H29ClN4O7. The first kappa shape index (κ1) is 26.1. The van der Waals surface area contributed by atoms with Crippen LogP contribution in [0.1, 0.15) is 23.2 Å². The predicted octanol–water partition coefficient (Wildman–Crippen LogP) is 0.665. The van der Waals surface area contributed by atoms with Gasteiger partial charge in [-0.15, -0.1) is 0 Å². The zero-order valence-electron chi connectivity index (χ0n) is 19.4. The summed E-state index contributed by atoms with van der Waals surface area (Å²) in [7, 11) is 0. The SMILES string of the molecule is Nc1c(Cl)cc(C(=O)NCC2C3CN(CC4CC4)CC23)c2ncccc12.O=C(O)[C@H](O)[C@@H](O)C(=O)O. The number of amides is 1. The Kier molecular flexibility index (Phi) is 7.65. The minimum Gasteiger partial charge on any atom is -0.479 e. The monoisotopic (exact) mass is 520 g/mol. The molecule has 1 aromatic carbocycles. The number of hydrogen-bond donors (Lipinski definition) is 6. The highest BCUT2D eigenvalue weighted by Crippen LogP contribution is 2.52. The number of carbonyl (C=O) groups is 3. The molecular weight excluding hydrogens is 492 g/mol. The second kappa shape index (κ2) is 10.6. The molecule has 7 N–H and O–H groups in total. The van der Waals surface area contributed by atoms with Gasteiger partial charge in [-0.25, -0.2) is 9.59 Å². The molecule has 1 aromatic heterocycles. The van der Waals surface area contributed by atoms with Crippen molar-refractivity contribution in [3.63, 3.8) is 0 Å². The molecule has 0 spiro atoms. The van der Waals surface area contributed by atoms with E-state index in [-0.39, 0.29) is 5.91 Å². The number of piperidine rings is 1. The lowest BCUT2D eigenvalue weighted by molar-refractivity contribution is -0.165. The molecule has 3 aliphatic rings. The summed E-state index contributed by atoms with van der Waals surface area (Å²) >= 11 is 6.21. The van der Waals surface area contributed by atoms with Crippen LogP contribution in [0.4, 0.5) is 5.69 Å². The number of aromatic nitrogens is 1. The fourth-order valence-corrected chi connectivity index (χ4v) is 5.05. The third-order valence-electron chi connectivity index (χ3n) is 7.09. The second-order valence-corrected chi connectivity index (χ2v) is 10.1. The Hall–Kier alpha value is -2.99. The van der Waals surface area contributed by atoms with Crippen LogP contribution in [-0.2, 0) is 9.59 Å². The van der Waals surface area contributed by atoms with E-state index in [4.69, 9.17) is 37.8 Å². The standard InChI is InChI=1S/C20H23ClN4O.C4H6O6/c21-17-6-13(19-12(18(17)22)2-1-5-23-19)20(26)24-7-14-15-9-25(10-16(14)15)8-11-3-4-11;5-1(3(7)8)2(6)4(9)10/h1-2,5-6,11,14-16H,3-4,7-10,22H2,(H,24,26);1-2,5-6H,(H,7,8)(H,9,10)/t;1-,2-/m.1/s1. The first-order chi connectivity index (χ1) is 17.1. The van der Waals surface area contributed by atoms with Gasteiger partial charge in [0.25, 0.3) is 5.91 Å². The number of halogens is 1. The Morgan fingerprint density at radius 2 is 1.75 bits per heavy atom. The van der Waals surface area contributed by atoms with Gasteiger partial charge in [-0.05, 0) is 54.7 Å². The van der Waals surface area contributed by atoms with Crippen molar-refractivity contribution in [3.8, 4) is 0 Å². The van der Waals surface area contributed by atoms with Gasteiger partial charge in [0, 0.05) is 37.8 Å². The summed E-state index contributed by atoms with van der Waals surface area (Å²) in [5, 5.41) is 36.7. The van der Waals surface area contributed by atoms with Crippen molar-refractivity contribution in [1.82, 2.24) is 15.2 Å². The average Bonchev–Trinajstić information content (AvgIpc) is 3.75. The van der Waals surface area contributed by atoms with Crippen molar-refractivity contribution >= 4 is 46.0 Å². The van der Waals surface area contributed by atoms with Gasteiger partial charge in [0.15, 0.2) is 12.2 Å². The van der Waals surface area contributed by atoms with Gasteiger partial charge in [-0.2, -0.15) is 0 Å². The van der Waals surface area contributed by atoms with E-state index in [0.717, 1.165) is 29.7 Å². The van der Waals surface area contributed by atoms with E-state index in [2.05, 4.69) is 15.2 Å². The number of nitrogens with zero attached hydrogens (tertiary/aromatic N) is 2. The first-order valence-corrected chi connectivity index (χ1v) is 12.1. The number of nitrogens with two attached hydrogens (primary N) is 1. The summed E-state index contributed by atoms with van der Waals surface area (Å²) in [6.45, 7) is 4.44. The first-order valence-electron chi connectivity index (χ1n) is 11.7. The van der Waals surface area contributed by atoms with Crippen LogP contribution >= 0.6 is 11.6 Å². The number of pyridine rings is 1. The van der Waals surface area contributed by atoms with Crippen molar-refractivity contribution in [1.29, 1.82) is 0 Å². The number of carbonyl (C=O) groups excluding carboxylic acids is 1. The molecule has 1 saturated heterocycles. The Morgan fingerprint density at radius 3 is 2.31 bits per heavy atom. The Bertz CT molecular complexity index is 1140. The van der Waals surface area contributed by atoms with Crippen molar-refractivity contribution in [2.24, 2.45) is 23.7 Å². The summed E-state index contributed by atoms with van der Waals surface area (Å²) in [6, 6.07) is 5.28. The number of nitrogens with one attached hydrogen (secondary N) is 1. The molecule has 0 bridgehead atoms. The van der Waals surface area contributed by atoms with Crippen LogP contribution < -0.4 is 11.1 Å². The largest absolute Gasteiger partial charge is 0.479 e. The Balaban J connectivity index is 0.000000261. The summed E-state index contributed by atoms with van der Waals surface area (Å²) in [5.41, 5.74) is 7.61. The van der Waals surface area contributed by atoms with Gasteiger partial charge in [0.2, 0.25) is 0 Å². The number of carboxylic acid groups (broad SMARTS) is 2. The molecule has 2 aliphatic carbocycles. The lowest BCUT2D eigenvalue weighted by Crippen LogP contribution is -2.39. The van der Waals surface area contributed by atoms with Crippen LogP contribution in [0, 0.1) is 23.7 Å². The zero-order valence-corrected chi connectivity index (χ0v) is 20.1. The topological polar surface area (TPSA) is 186 Å².